The van der Waals surface area contributed by atoms with Crippen LogP contribution in [0.25, 0.3) is 10.8 Å². The second-order valence-electron chi connectivity index (χ2n) is 6.12. The van der Waals surface area contributed by atoms with E-state index in [4.69, 9.17) is 0 Å². The molecule has 0 aliphatic carbocycles. The molecule has 3 aromatic rings. The summed E-state index contributed by atoms with van der Waals surface area (Å²) in [5.41, 5.74) is 1.47. The lowest BCUT2D eigenvalue weighted by Crippen LogP contribution is -2.27. The molecule has 0 heterocycles. The topological polar surface area (TPSA) is 75.3 Å². The monoisotopic (exact) mass is 368 g/mol. The van der Waals surface area contributed by atoms with E-state index in [0.29, 0.717) is 5.69 Å². The number of amides is 1. The summed E-state index contributed by atoms with van der Waals surface area (Å²) < 4.78 is 28.1. The number of hydrogen-bond acceptors (Lipinski definition) is 3. The molecule has 0 fully saturated rings. The minimum absolute atomic E-state index is 0.152. The fourth-order valence-corrected chi connectivity index (χ4v) is 4.14. The number of benzene rings is 3. The van der Waals surface area contributed by atoms with Crippen molar-refractivity contribution >= 4 is 32.4 Å². The number of rotatable bonds is 5. The number of carbonyl (C=O) groups excluding carboxylic acids is 1. The maximum absolute atomic E-state index is 12.7. The molecule has 0 saturated carbocycles. The maximum Gasteiger partial charge on any atom is 0.241 e. The lowest BCUT2D eigenvalue weighted by molar-refractivity contribution is -0.114. The highest BCUT2D eigenvalue weighted by Crippen LogP contribution is 2.25. The first kappa shape index (κ1) is 18.1. The number of carbonyl (C=O) groups is 1. The Labute approximate surface area is 153 Å². The molecule has 1 atom stereocenters. The first-order chi connectivity index (χ1) is 12.4. The van der Waals surface area contributed by atoms with Crippen LogP contribution < -0.4 is 10.0 Å². The highest BCUT2D eigenvalue weighted by molar-refractivity contribution is 7.89. The van der Waals surface area contributed by atoms with Crippen LogP contribution in [0.15, 0.2) is 71.6 Å². The van der Waals surface area contributed by atoms with Crippen molar-refractivity contribution in [1.29, 1.82) is 0 Å². The van der Waals surface area contributed by atoms with Crippen molar-refractivity contribution < 1.29 is 13.2 Å². The number of hydrogen-bond donors (Lipinski definition) is 2. The van der Waals surface area contributed by atoms with E-state index in [1.165, 1.54) is 19.1 Å². The Kier molecular flexibility index (Phi) is 5.06. The third-order valence-electron chi connectivity index (χ3n) is 4.11. The lowest BCUT2D eigenvalue weighted by Gasteiger charge is -2.17. The molecular weight excluding hydrogens is 348 g/mol. The van der Waals surface area contributed by atoms with Crippen LogP contribution in [0.5, 0.6) is 0 Å². The van der Waals surface area contributed by atoms with Crippen molar-refractivity contribution in [2.24, 2.45) is 0 Å². The van der Waals surface area contributed by atoms with Gasteiger partial charge in [0, 0.05) is 18.7 Å². The molecule has 0 bridgehead atoms. The van der Waals surface area contributed by atoms with E-state index in [1.807, 2.05) is 49.4 Å². The molecule has 26 heavy (non-hydrogen) atoms. The summed E-state index contributed by atoms with van der Waals surface area (Å²) in [6.07, 6.45) is 0. The average Bonchev–Trinajstić information content (AvgIpc) is 2.60. The summed E-state index contributed by atoms with van der Waals surface area (Å²) in [6, 6.07) is 19.4. The fourth-order valence-electron chi connectivity index (χ4n) is 2.91. The number of fused-ring (bicyclic) bond motifs is 1. The van der Waals surface area contributed by atoms with Crippen molar-refractivity contribution in [2.75, 3.05) is 5.32 Å². The van der Waals surface area contributed by atoms with E-state index in [2.05, 4.69) is 10.0 Å². The minimum atomic E-state index is -3.68. The van der Waals surface area contributed by atoms with Crippen LogP contribution >= 0.6 is 0 Å². The van der Waals surface area contributed by atoms with Crippen molar-refractivity contribution in [3.05, 3.63) is 72.3 Å². The first-order valence-electron chi connectivity index (χ1n) is 8.24. The molecule has 3 rings (SSSR count). The lowest BCUT2D eigenvalue weighted by atomic mass is 10.0. The van der Waals surface area contributed by atoms with Crippen LogP contribution in [0, 0.1) is 0 Å². The quantitative estimate of drug-likeness (QED) is 0.718. The fraction of sp³-hybridized carbons (Fsp3) is 0.150. The van der Waals surface area contributed by atoms with Crippen molar-refractivity contribution in [3.8, 4) is 0 Å². The van der Waals surface area contributed by atoms with E-state index in [0.717, 1.165) is 16.3 Å². The SMILES string of the molecule is CC(=O)Nc1ccc(S(=O)(=O)N[C@@H](C)c2cccc3ccccc23)cc1. The third kappa shape index (κ3) is 3.92. The highest BCUT2D eigenvalue weighted by atomic mass is 32.2. The Morgan fingerprint density at radius 2 is 1.58 bits per heavy atom. The van der Waals surface area contributed by atoms with E-state index < -0.39 is 10.0 Å². The molecule has 0 saturated heterocycles. The molecule has 0 aliphatic rings. The van der Waals surface area contributed by atoms with Crippen LogP contribution in [0.1, 0.15) is 25.5 Å². The second kappa shape index (κ2) is 7.27. The van der Waals surface area contributed by atoms with Crippen molar-refractivity contribution in [3.63, 3.8) is 0 Å². The zero-order chi connectivity index (χ0) is 18.7. The highest BCUT2D eigenvalue weighted by Gasteiger charge is 2.19. The molecule has 0 radical (unpaired) electrons. The van der Waals surface area contributed by atoms with Gasteiger partial charge in [0.25, 0.3) is 0 Å². The normalized spacial score (nSPS) is 12.7. The zero-order valence-corrected chi connectivity index (χ0v) is 15.4. The molecule has 0 aromatic heterocycles. The van der Waals surface area contributed by atoms with Gasteiger partial charge in [-0.1, -0.05) is 42.5 Å². The maximum atomic E-state index is 12.7. The van der Waals surface area contributed by atoms with E-state index in [1.54, 1.807) is 12.1 Å². The van der Waals surface area contributed by atoms with Crippen LogP contribution in [-0.4, -0.2) is 14.3 Å². The second-order valence-corrected chi connectivity index (χ2v) is 7.83. The molecular formula is C20H20N2O3S. The molecule has 0 spiro atoms. The molecule has 1 amide bonds. The Hall–Kier alpha value is -2.70. The number of sulfonamides is 1. The summed E-state index contributed by atoms with van der Waals surface area (Å²) in [6.45, 7) is 3.23. The Morgan fingerprint density at radius 1 is 0.923 bits per heavy atom. The molecule has 134 valence electrons. The molecule has 0 aliphatic heterocycles. The summed E-state index contributed by atoms with van der Waals surface area (Å²) in [5, 5.41) is 4.70. The van der Waals surface area contributed by atoms with E-state index in [-0.39, 0.29) is 16.8 Å². The van der Waals surface area contributed by atoms with Gasteiger partial charge in [-0.05, 0) is 47.5 Å². The van der Waals surface area contributed by atoms with Crippen molar-refractivity contribution in [1.82, 2.24) is 4.72 Å². The predicted octanol–water partition coefficient (Wildman–Crippen LogP) is 3.84. The van der Waals surface area contributed by atoms with Crippen LogP contribution in [0.4, 0.5) is 5.69 Å². The Balaban J connectivity index is 1.85. The van der Waals surface area contributed by atoms with Crippen LogP contribution in [0.3, 0.4) is 0 Å². The van der Waals surface area contributed by atoms with E-state index >= 15 is 0 Å². The molecule has 0 unspecified atom stereocenters. The summed E-state index contributed by atoms with van der Waals surface area (Å²) >= 11 is 0. The molecule has 3 aromatic carbocycles. The largest absolute Gasteiger partial charge is 0.326 e. The van der Waals surface area contributed by atoms with Gasteiger partial charge in [0.05, 0.1) is 4.90 Å². The van der Waals surface area contributed by atoms with Gasteiger partial charge in [0.2, 0.25) is 15.9 Å². The number of anilines is 1. The molecule has 2 N–H and O–H groups in total. The summed E-state index contributed by atoms with van der Waals surface area (Å²) in [4.78, 5) is 11.2. The molecule has 5 nitrogen and oxygen atoms in total. The van der Waals surface area contributed by atoms with Crippen LogP contribution in [0.2, 0.25) is 0 Å². The van der Waals surface area contributed by atoms with Gasteiger partial charge in [-0.2, -0.15) is 0 Å². The van der Waals surface area contributed by atoms with Gasteiger partial charge < -0.3 is 5.32 Å². The van der Waals surface area contributed by atoms with Gasteiger partial charge in [0.15, 0.2) is 0 Å². The van der Waals surface area contributed by atoms with Gasteiger partial charge in [-0.15, -0.1) is 0 Å². The summed E-state index contributed by atoms with van der Waals surface area (Å²) in [7, 11) is -3.68. The standard InChI is InChI=1S/C20H20N2O3S/c1-14(19-9-5-7-16-6-3-4-8-20(16)19)22-26(24,25)18-12-10-17(11-13-18)21-15(2)23/h3-14,22H,1-2H3,(H,21,23)/t14-/m0/s1. The molecule has 6 heteroatoms. The Bertz CT molecular complexity index is 1040. The Morgan fingerprint density at radius 3 is 2.27 bits per heavy atom. The third-order valence-corrected chi connectivity index (χ3v) is 5.66. The summed E-state index contributed by atoms with van der Waals surface area (Å²) in [5.74, 6) is -0.205. The van der Waals surface area contributed by atoms with Crippen molar-refractivity contribution in [2.45, 2.75) is 24.8 Å². The van der Waals surface area contributed by atoms with E-state index in [9.17, 15) is 13.2 Å². The van der Waals surface area contributed by atoms with Crippen LogP contribution in [-0.2, 0) is 14.8 Å². The van der Waals surface area contributed by atoms with Gasteiger partial charge in [-0.25, -0.2) is 13.1 Å². The van der Waals surface area contributed by atoms with Gasteiger partial charge >= 0.3 is 0 Å². The predicted molar refractivity (Wildman–Crippen MR) is 103 cm³/mol. The smallest absolute Gasteiger partial charge is 0.241 e. The minimum Gasteiger partial charge on any atom is -0.326 e. The zero-order valence-electron chi connectivity index (χ0n) is 14.6. The van der Waals surface area contributed by atoms with Gasteiger partial charge in [-0.3, -0.25) is 4.79 Å². The average molecular weight is 368 g/mol. The first-order valence-corrected chi connectivity index (χ1v) is 9.73. The van der Waals surface area contributed by atoms with Gasteiger partial charge in [0.1, 0.15) is 0 Å². The number of nitrogens with one attached hydrogen (secondary N) is 2.